The lowest BCUT2D eigenvalue weighted by Gasteiger charge is -2.44. The maximum atomic E-state index is 11.4. The molecule has 0 bridgehead atoms. The summed E-state index contributed by atoms with van der Waals surface area (Å²) in [6.45, 7) is 6.60. The number of hydrogen-bond acceptors (Lipinski definition) is 5. The smallest absolute Gasteiger partial charge is 0.133 e. The first kappa shape index (κ1) is 19.3. The van der Waals surface area contributed by atoms with E-state index in [9.17, 15) is 5.11 Å². The summed E-state index contributed by atoms with van der Waals surface area (Å²) in [5.74, 6) is 1.02. The zero-order valence-electron chi connectivity index (χ0n) is 17.5. The largest absolute Gasteiger partial charge is 0.381 e. The first-order valence-electron chi connectivity index (χ1n) is 12.0. The lowest BCUT2D eigenvalue weighted by Crippen LogP contribution is -2.52. The molecule has 0 aromatic carbocycles. The molecule has 4 aliphatic heterocycles. The molecule has 5 heteroatoms. The predicted octanol–water partition coefficient (Wildman–Crippen LogP) is 2.71. The third kappa shape index (κ3) is 3.76. The van der Waals surface area contributed by atoms with Crippen LogP contribution in [-0.4, -0.2) is 72.6 Å². The molecule has 0 amide bonds. The van der Waals surface area contributed by atoms with Crippen molar-refractivity contribution in [2.45, 2.75) is 82.5 Å². The Bertz CT molecular complexity index is 560. The molecular formula is C23H39N3O2. The van der Waals surface area contributed by atoms with E-state index < -0.39 is 0 Å². The molecule has 3 saturated heterocycles. The third-order valence-electron chi connectivity index (χ3n) is 8.21. The van der Waals surface area contributed by atoms with Crippen molar-refractivity contribution in [1.29, 1.82) is 0 Å². The van der Waals surface area contributed by atoms with E-state index >= 15 is 0 Å². The Morgan fingerprint density at radius 2 is 1.75 bits per heavy atom. The van der Waals surface area contributed by atoms with E-state index in [1.54, 1.807) is 11.3 Å². The quantitative estimate of drug-likeness (QED) is 0.774. The summed E-state index contributed by atoms with van der Waals surface area (Å²) in [6.07, 6.45) is 12.1. The van der Waals surface area contributed by atoms with Crippen LogP contribution in [0, 0.1) is 11.8 Å². The molecule has 3 unspecified atom stereocenters. The highest BCUT2D eigenvalue weighted by molar-refractivity contribution is 5.27. The van der Waals surface area contributed by atoms with Crippen LogP contribution in [0.1, 0.15) is 64.2 Å². The Kier molecular flexibility index (Phi) is 5.96. The maximum absolute atomic E-state index is 11.4. The molecule has 158 valence electrons. The minimum absolute atomic E-state index is 0.279. The molecule has 0 saturated carbocycles. The zero-order chi connectivity index (χ0) is 18.9. The molecule has 0 spiro atoms. The number of aliphatic hydroxyl groups excluding tert-OH is 1. The van der Waals surface area contributed by atoms with Gasteiger partial charge in [0.05, 0.1) is 0 Å². The standard InChI is InChI=1S/C23H39N3O2/c27-23-21(15-17-9-14-28-16-17)20-3-1-2-4-22(20)26(23)19-7-12-25(13-8-19)18-5-10-24-11-6-18/h17-19,21,23-24,27H,1-16H2. The summed E-state index contributed by atoms with van der Waals surface area (Å²) in [5.41, 5.74) is 3.16. The van der Waals surface area contributed by atoms with Gasteiger partial charge >= 0.3 is 0 Å². The van der Waals surface area contributed by atoms with E-state index in [-0.39, 0.29) is 6.23 Å². The molecule has 0 aromatic heterocycles. The minimum Gasteiger partial charge on any atom is -0.381 e. The van der Waals surface area contributed by atoms with Crippen LogP contribution in [0.4, 0.5) is 0 Å². The second-order valence-corrected chi connectivity index (χ2v) is 9.82. The first-order valence-corrected chi connectivity index (χ1v) is 12.0. The number of nitrogens with zero attached hydrogens (tertiary/aromatic N) is 2. The van der Waals surface area contributed by atoms with Crippen LogP contribution in [0.3, 0.4) is 0 Å². The van der Waals surface area contributed by atoms with E-state index in [0.29, 0.717) is 17.9 Å². The number of aliphatic hydroxyl groups is 1. The summed E-state index contributed by atoms with van der Waals surface area (Å²) >= 11 is 0. The van der Waals surface area contributed by atoms with Crippen molar-refractivity contribution in [1.82, 2.24) is 15.1 Å². The fraction of sp³-hybridized carbons (Fsp3) is 0.913. The molecule has 28 heavy (non-hydrogen) atoms. The van der Waals surface area contributed by atoms with Gasteiger partial charge in [0.2, 0.25) is 0 Å². The van der Waals surface area contributed by atoms with E-state index in [2.05, 4.69) is 15.1 Å². The first-order chi connectivity index (χ1) is 13.8. The van der Waals surface area contributed by atoms with Crippen molar-refractivity contribution < 1.29 is 9.84 Å². The Morgan fingerprint density at radius 1 is 0.964 bits per heavy atom. The SMILES string of the molecule is OC1C(CC2CCOC2)C2=C(CCCC2)N1C1CCN(C2CCNCC2)CC1. The third-order valence-corrected chi connectivity index (χ3v) is 8.21. The van der Waals surface area contributed by atoms with Gasteiger partial charge in [0.1, 0.15) is 6.23 Å². The van der Waals surface area contributed by atoms with E-state index in [1.807, 2.05) is 0 Å². The van der Waals surface area contributed by atoms with Crippen LogP contribution in [0.5, 0.6) is 0 Å². The van der Waals surface area contributed by atoms with Gasteiger partial charge in [0.25, 0.3) is 0 Å². The fourth-order valence-corrected chi connectivity index (χ4v) is 6.67. The number of likely N-dealkylation sites (tertiary alicyclic amines) is 1. The summed E-state index contributed by atoms with van der Waals surface area (Å²) in [4.78, 5) is 5.25. The molecule has 0 radical (unpaired) electrons. The number of allylic oxidation sites excluding steroid dienone is 1. The van der Waals surface area contributed by atoms with E-state index in [4.69, 9.17) is 4.74 Å². The molecule has 0 aromatic rings. The van der Waals surface area contributed by atoms with Crippen molar-refractivity contribution in [3.63, 3.8) is 0 Å². The van der Waals surface area contributed by atoms with Gasteiger partial charge in [0.15, 0.2) is 0 Å². The monoisotopic (exact) mass is 389 g/mol. The van der Waals surface area contributed by atoms with Gasteiger partial charge in [-0.1, -0.05) is 0 Å². The zero-order valence-corrected chi connectivity index (χ0v) is 17.5. The van der Waals surface area contributed by atoms with Gasteiger partial charge in [-0.2, -0.15) is 0 Å². The normalized spacial score (nSPS) is 36.3. The average molecular weight is 390 g/mol. The highest BCUT2D eigenvalue weighted by atomic mass is 16.5. The Morgan fingerprint density at radius 3 is 2.50 bits per heavy atom. The summed E-state index contributed by atoms with van der Waals surface area (Å²) in [5, 5.41) is 14.9. The predicted molar refractivity (Wildman–Crippen MR) is 111 cm³/mol. The van der Waals surface area contributed by atoms with Gasteiger partial charge in [0, 0.05) is 50.0 Å². The highest BCUT2D eigenvalue weighted by Gasteiger charge is 2.44. The number of hydrogen-bond donors (Lipinski definition) is 2. The molecule has 2 N–H and O–H groups in total. The maximum Gasteiger partial charge on any atom is 0.133 e. The second kappa shape index (κ2) is 8.63. The number of rotatable bonds is 4. The Hall–Kier alpha value is -0.620. The molecule has 3 atom stereocenters. The lowest BCUT2D eigenvalue weighted by molar-refractivity contribution is -0.0371. The van der Waals surface area contributed by atoms with Gasteiger partial charge < -0.3 is 25.0 Å². The van der Waals surface area contributed by atoms with E-state index in [1.165, 1.54) is 84.0 Å². The summed E-state index contributed by atoms with van der Waals surface area (Å²) in [7, 11) is 0. The Balaban J connectivity index is 1.26. The minimum atomic E-state index is -0.279. The number of ether oxygens (including phenoxy) is 1. The molecule has 5 nitrogen and oxygen atoms in total. The van der Waals surface area contributed by atoms with Crippen LogP contribution in [0.25, 0.3) is 0 Å². The topological polar surface area (TPSA) is 48.0 Å². The molecule has 3 fully saturated rings. The van der Waals surface area contributed by atoms with Gasteiger partial charge in [-0.3, -0.25) is 0 Å². The average Bonchev–Trinajstić information content (AvgIpc) is 3.36. The lowest BCUT2D eigenvalue weighted by atomic mass is 9.83. The van der Waals surface area contributed by atoms with E-state index in [0.717, 1.165) is 25.7 Å². The molecule has 5 rings (SSSR count). The second-order valence-electron chi connectivity index (χ2n) is 9.82. The van der Waals surface area contributed by atoms with Crippen LogP contribution in [-0.2, 0) is 4.74 Å². The number of nitrogens with one attached hydrogen (secondary N) is 1. The van der Waals surface area contributed by atoms with Crippen molar-refractivity contribution in [2.24, 2.45) is 11.8 Å². The molecule has 5 aliphatic rings. The van der Waals surface area contributed by atoms with Crippen LogP contribution in [0.15, 0.2) is 11.3 Å². The fourth-order valence-electron chi connectivity index (χ4n) is 6.67. The molecule has 4 heterocycles. The molecular weight excluding hydrogens is 350 g/mol. The Labute approximate surface area is 170 Å². The van der Waals surface area contributed by atoms with Crippen LogP contribution < -0.4 is 5.32 Å². The van der Waals surface area contributed by atoms with Gasteiger partial charge in [-0.05, 0) is 88.8 Å². The van der Waals surface area contributed by atoms with Gasteiger partial charge in [-0.15, -0.1) is 0 Å². The summed E-state index contributed by atoms with van der Waals surface area (Å²) in [6, 6.07) is 1.33. The summed E-state index contributed by atoms with van der Waals surface area (Å²) < 4.78 is 5.63. The highest BCUT2D eigenvalue weighted by Crippen LogP contribution is 2.46. The van der Waals surface area contributed by atoms with Crippen molar-refractivity contribution >= 4 is 0 Å². The van der Waals surface area contributed by atoms with Crippen LogP contribution >= 0.6 is 0 Å². The van der Waals surface area contributed by atoms with Crippen molar-refractivity contribution in [2.75, 3.05) is 39.4 Å². The van der Waals surface area contributed by atoms with Crippen LogP contribution in [0.2, 0.25) is 0 Å². The van der Waals surface area contributed by atoms with Crippen molar-refractivity contribution in [3.8, 4) is 0 Å². The van der Waals surface area contributed by atoms with Crippen molar-refractivity contribution in [3.05, 3.63) is 11.3 Å². The molecule has 1 aliphatic carbocycles. The number of piperidine rings is 2. The van der Waals surface area contributed by atoms with Gasteiger partial charge in [-0.25, -0.2) is 0 Å².